The monoisotopic (exact) mass is 306 g/mol. The van der Waals surface area contributed by atoms with Gasteiger partial charge in [0, 0.05) is 25.5 Å². The molecule has 8 nitrogen and oxygen atoms in total. The second-order valence-electron chi connectivity index (χ2n) is 5.76. The number of carbonyl (C=O) groups excluding carboxylic acids is 2. The fourth-order valence-electron chi connectivity index (χ4n) is 2.95. The van der Waals surface area contributed by atoms with Crippen LogP contribution in [0, 0.1) is 0 Å². The van der Waals surface area contributed by atoms with Gasteiger partial charge in [-0.05, 0) is 18.9 Å². The summed E-state index contributed by atoms with van der Waals surface area (Å²) in [6.07, 6.45) is 1.97. The van der Waals surface area contributed by atoms with Gasteiger partial charge < -0.3 is 15.0 Å². The minimum absolute atomic E-state index is 0.00928. The van der Waals surface area contributed by atoms with Crippen molar-refractivity contribution < 1.29 is 14.3 Å². The van der Waals surface area contributed by atoms with Crippen LogP contribution in [0.3, 0.4) is 0 Å². The first kappa shape index (κ1) is 14.6. The standard InChI is InChI=1S/C14H18N4O4/c19-11-4-2-10(16-17-11)3-5-12(20)18-7-1-6-14(9-18)8-15-13(21)22-14/h2,4H,1,3,5-9H2,(H,15,21)(H,17,19)/t14-/m0/s1. The van der Waals surface area contributed by atoms with Crippen molar-refractivity contribution in [2.75, 3.05) is 19.6 Å². The van der Waals surface area contributed by atoms with Crippen molar-refractivity contribution in [3.05, 3.63) is 28.2 Å². The number of amides is 2. The molecular formula is C14H18N4O4. The molecular weight excluding hydrogens is 288 g/mol. The number of H-pyrrole nitrogens is 1. The molecule has 2 aliphatic heterocycles. The second kappa shape index (κ2) is 5.78. The van der Waals surface area contributed by atoms with Crippen molar-refractivity contribution in [2.24, 2.45) is 0 Å². The van der Waals surface area contributed by atoms with Gasteiger partial charge in [0.1, 0.15) is 5.60 Å². The van der Waals surface area contributed by atoms with E-state index >= 15 is 0 Å². The maximum Gasteiger partial charge on any atom is 0.407 e. The van der Waals surface area contributed by atoms with Gasteiger partial charge in [-0.15, -0.1) is 0 Å². The molecule has 2 fully saturated rings. The van der Waals surface area contributed by atoms with Gasteiger partial charge in [-0.1, -0.05) is 0 Å². The van der Waals surface area contributed by atoms with E-state index in [1.54, 1.807) is 11.0 Å². The second-order valence-corrected chi connectivity index (χ2v) is 5.76. The average Bonchev–Trinajstić information content (AvgIpc) is 2.86. The number of hydrogen-bond acceptors (Lipinski definition) is 5. The Morgan fingerprint density at radius 1 is 1.41 bits per heavy atom. The molecule has 3 heterocycles. The Balaban J connectivity index is 1.56. The molecule has 2 N–H and O–H groups in total. The molecule has 1 aromatic rings. The Morgan fingerprint density at radius 3 is 2.95 bits per heavy atom. The maximum atomic E-state index is 12.3. The molecule has 0 aliphatic carbocycles. The van der Waals surface area contributed by atoms with Crippen LogP contribution < -0.4 is 10.9 Å². The number of piperidine rings is 1. The highest BCUT2D eigenvalue weighted by Crippen LogP contribution is 2.28. The predicted molar refractivity (Wildman–Crippen MR) is 76.2 cm³/mol. The lowest BCUT2D eigenvalue weighted by Crippen LogP contribution is -2.52. The summed E-state index contributed by atoms with van der Waals surface area (Å²) in [5.41, 5.74) is -0.154. The number of carbonyl (C=O) groups is 2. The van der Waals surface area contributed by atoms with E-state index in [1.165, 1.54) is 6.07 Å². The number of rotatable bonds is 3. The summed E-state index contributed by atoms with van der Waals surface area (Å²) in [5.74, 6) is 0.00928. The van der Waals surface area contributed by atoms with E-state index in [1.807, 2.05) is 0 Å². The van der Waals surface area contributed by atoms with Crippen LogP contribution in [0.1, 0.15) is 25.0 Å². The van der Waals surface area contributed by atoms with Gasteiger partial charge in [-0.25, -0.2) is 9.89 Å². The van der Waals surface area contributed by atoms with E-state index in [0.717, 1.165) is 12.8 Å². The Morgan fingerprint density at radius 2 is 2.27 bits per heavy atom. The third-order valence-electron chi connectivity index (χ3n) is 4.09. The van der Waals surface area contributed by atoms with Crippen LogP contribution in [0.25, 0.3) is 0 Å². The molecule has 2 amide bonds. The summed E-state index contributed by atoms with van der Waals surface area (Å²) in [5, 5.41) is 8.90. The van der Waals surface area contributed by atoms with E-state index < -0.39 is 11.7 Å². The minimum Gasteiger partial charge on any atom is -0.439 e. The largest absolute Gasteiger partial charge is 0.439 e. The zero-order valence-corrected chi connectivity index (χ0v) is 12.1. The molecule has 118 valence electrons. The lowest BCUT2D eigenvalue weighted by atomic mass is 9.93. The molecule has 1 spiro atoms. The summed E-state index contributed by atoms with van der Waals surface area (Å²) in [6.45, 7) is 1.57. The fraction of sp³-hybridized carbons (Fsp3) is 0.571. The van der Waals surface area contributed by atoms with Crippen LogP contribution in [-0.4, -0.2) is 52.3 Å². The third-order valence-corrected chi connectivity index (χ3v) is 4.09. The normalized spacial score (nSPS) is 24.2. The first-order chi connectivity index (χ1) is 10.6. The van der Waals surface area contributed by atoms with Crippen molar-refractivity contribution in [3.63, 3.8) is 0 Å². The lowest BCUT2D eigenvalue weighted by Gasteiger charge is -2.38. The van der Waals surface area contributed by atoms with Crippen molar-refractivity contribution in [2.45, 2.75) is 31.3 Å². The van der Waals surface area contributed by atoms with Crippen LogP contribution in [0.15, 0.2) is 16.9 Å². The van der Waals surface area contributed by atoms with Gasteiger partial charge in [-0.2, -0.15) is 5.10 Å². The molecule has 22 heavy (non-hydrogen) atoms. The predicted octanol–water partition coefficient (Wildman–Crippen LogP) is -0.196. The van der Waals surface area contributed by atoms with E-state index in [2.05, 4.69) is 15.5 Å². The number of likely N-dealkylation sites (tertiary alicyclic amines) is 1. The molecule has 0 bridgehead atoms. The van der Waals surface area contributed by atoms with E-state index in [0.29, 0.717) is 38.2 Å². The molecule has 0 radical (unpaired) electrons. The molecule has 2 saturated heterocycles. The number of aryl methyl sites for hydroxylation is 1. The smallest absolute Gasteiger partial charge is 0.407 e. The molecule has 1 atom stereocenters. The van der Waals surface area contributed by atoms with Crippen LogP contribution in [-0.2, 0) is 16.0 Å². The molecule has 0 aromatic carbocycles. The van der Waals surface area contributed by atoms with Gasteiger partial charge in [0.15, 0.2) is 0 Å². The number of nitrogens with one attached hydrogen (secondary N) is 2. The summed E-state index contributed by atoms with van der Waals surface area (Å²) >= 11 is 0. The number of nitrogens with zero attached hydrogens (tertiary/aromatic N) is 2. The Labute approximate surface area is 126 Å². The van der Waals surface area contributed by atoms with E-state index in [4.69, 9.17) is 4.74 Å². The third kappa shape index (κ3) is 3.10. The molecule has 0 unspecified atom stereocenters. The summed E-state index contributed by atoms with van der Waals surface area (Å²) in [4.78, 5) is 36.3. The van der Waals surface area contributed by atoms with Gasteiger partial charge in [0.05, 0.1) is 18.8 Å². The van der Waals surface area contributed by atoms with Crippen LogP contribution >= 0.6 is 0 Å². The van der Waals surface area contributed by atoms with Gasteiger partial charge in [0.2, 0.25) is 5.91 Å². The topological polar surface area (TPSA) is 104 Å². The van der Waals surface area contributed by atoms with Crippen LogP contribution in [0.5, 0.6) is 0 Å². The number of aromatic nitrogens is 2. The van der Waals surface area contributed by atoms with Crippen LogP contribution in [0.2, 0.25) is 0 Å². The number of alkyl carbamates (subject to hydrolysis) is 1. The van der Waals surface area contributed by atoms with E-state index in [-0.39, 0.29) is 11.5 Å². The van der Waals surface area contributed by atoms with Crippen LogP contribution in [0.4, 0.5) is 4.79 Å². The Bertz CT molecular complexity index is 623. The summed E-state index contributed by atoms with van der Waals surface area (Å²) in [7, 11) is 0. The highest BCUT2D eigenvalue weighted by atomic mass is 16.6. The zero-order chi connectivity index (χ0) is 15.6. The van der Waals surface area contributed by atoms with Gasteiger partial charge in [0.25, 0.3) is 5.56 Å². The van der Waals surface area contributed by atoms with Crippen molar-refractivity contribution >= 4 is 12.0 Å². The molecule has 8 heteroatoms. The summed E-state index contributed by atoms with van der Waals surface area (Å²) < 4.78 is 5.35. The Hall–Kier alpha value is -2.38. The van der Waals surface area contributed by atoms with Gasteiger partial charge >= 0.3 is 6.09 Å². The van der Waals surface area contributed by atoms with Crippen molar-refractivity contribution in [1.82, 2.24) is 20.4 Å². The summed E-state index contributed by atoms with van der Waals surface area (Å²) in [6, 6.07) is 3.01. The molecule has 0 saturated carbocycles. The zero-order valence-electron chi connectivity index (χ0n) is 12.1. The van der Waals surface area contributed by atoms with E-state index in [9.17, 15) is 14.4 Å². The highest BCUT2D eigenvalue weighted by molar-refractivity contribution is 5.77. The molecule has 3 rings (SSSR count). The molecule has 1 aromatic heterocycles. The maximum absolute atomic E-state index is 12.3. The SMILES string of the molecule is O=C1NC[C@]2(CCCN(C(=O)CCc3ccc(=O)[nH]n3)C2)O1. The quantitative estimate of drug-likeness (QED) is 0.805. The van der Waals surface area contributed by atoms with Gasteiger partial charge in [-0.3, -0.25) is 9.59 Å². The van der Waals surface area contributed by atoms with Crippen molar-refractivity contribution in [1.29, 1.82) is 0 Å². The highest BCUT2D eigenvalue weighted by Gasteiger charge is 2.44. The average molecular weight is 306 g/mol. The number of ether oxygens (including phenoxy) is 1. The lowest BCUT2D eigenvalue weighted by molar-refractivity contribution is -0.136. The van der Waals surface area contributed by atoms with Crippen molar-refractivity contribution in [3.8, 4) is 0 Å². The minimum atomic E-state index is -0.568. The molecule has 2 aliphatic rings. The Kier molecular flexibility index (Phi) is 3.82. The number of hydrogen-bond donors (Lipinski definition) is 2. The number of aromatic amines is 1. The fourth-order valence-corrected chi connectivity index (χ4v) is 2.95. The first-order valence-electron chi connectivity index (χ1n) is 7.36. The first-order valence-corrected chi connectivity index (χ1v) is 7.36.